The van der Waals surface area contributed by atoms with Crippen molar-refractivity contribution in [2.75, 3.05) is 0 Å². The molecule has 48 heavy (non-hydrogen) atoms. The lowest BCUT2D eigenvalue weighted by molar-refractivity contribution is 0.669. The minimum atomic E-state index is 0.348. The number of nitriles is 2. The lowest BCUT2D eigenvalue weighted by atomic mass is 9.98. The van der Waals surface area contributed by atoms with Gasteiger partial charge >= 0.3 is 0 Å². The van der Waals surface area contributed by atoms with Crippen LogP contribution in [0.2, 0.25) is 0 Å². The maximum absolute atomic E-state index is 10.7. The largest absolute Gasteiger partial charge is 0.456 e. The van der Waals surface area contributed by atoms with Gasteiger partial charge in [0.1, 0.15) is 28.9 Å². The van der Waals surface area contributed by atoms with Crippen LogP contribution in [0.5, 0.6) is 0 Å². The van der Waals surface area contributed by atoms with Gasteiger partial charge in [0.2, 0.25) is 0 Å². The summed E-state index contributed by atoms with van der Waals surface area (Å²) in [5.41, 5.74) is 8.38. The number of aromatic nitrogens is 3. The Hall–Kier alpha value is -7.02. The minimum absolute atomic E-state index is 0.348. The molecule has 6 heteroatoms. The molecule has 9 rings (SSSR count). The number of hydrogen-bond acceptors (Lipinski definition) is 5. The molecule has 0 N–H and O–H groups in total. The molecular weight excluding hydrogens is 590 g/mol. The fraction of sp³-hybridized carbons (Fsp3) is 0. The Morgan fingerprint density at radius 2 is 1.21 bits per heavy atom. The lowest BCUT2D eigenvalue weighted by Gasteiger charge is -2.15. The monoisotopic (exact) mass is 613 g/mol. The Morgan fingerprint density at radius 1 is 0.542 bits per heavy atom. The van der Waals surface area contributed by atoms with Gasteiger partial charge in [-0.3, -0.25) is 0 Å². The van der Waals surface area contributed by atoms with E-state index in [1.807, 2.05) is 115 Å². The predicted octanol–water partition coefficient (Wildman–Crippen LogP) is 10.2. The standard InChI is InChI=1S/C42H23N5O/c43-24-29-23-28(40-33(25-44)39(26-11-3-1-4-12-26)45-42(46-40)27-13-5-2-6-14-27)19-21-34(29)47-35-17-9-7-15-30(35)31-20-22-37-38(41(31)47)32-16-8-10-18-36(32)48-37/h1-23H. The van der Waals surface area contributed by atoms with E-state index in [9.17, 15) is 10.5 Å². The molecule has 0 amide bonds. The molecule has 222 valence electrons. The molecule has 6 nitrogen and oxygen atoms in total. The molecule has 0 saturated heterocycles. The van der Waals surface area contributed by atoms with E-state index in [1.165, 1.54) is 0 Å². The smallest absolute Gasteiger partial charge is 0.160 e. The molecule has 0 fully saturated rings. The lowest BCUT2D eigenvalue weighted by Crippen LogP contribution is -2.02. The van der Waals surface area contributed by atoms with Crippen molar-refractivity contribution in [2.45, 2.75) is 0 Å². The normalized spacial score (nSPS) is 11.3. The number of nitrogens with zero attached hydrogens (tertiary/aromatic N) is 5. The molecule has 0 aliphatic rings. The summed E-state index contributed by atoms with van der Waals surface area (Å²) in [5, 5.41) is 25.4. The van der Waals surface area contributed by atoms with Gasteiger partial charge in [0.25, 0.3) is 0 Å². The van der Waals surface area contributed by atoms with Gasteiger partial charge in [0.15, 0.2) is 5.82 Å². The highest BCUT2D eigenvalue weighted by Gasteiger charge is 2.23. The zero-order chi connectivity index (χ0) is 32.2. The maximum atomic E-state index is 10.7. The molecule has 0 aliphatic heterocycles. The summed E-state index contributed by atoms with van der Waals surface area (Å²) in [5.74, 6) is 0.502. The highest BCUT2D eigenvalue weighted by atomic mass is 16.3. The van der Waals surface area contributed by atoms with E-state index >= 15 is 0 Å². The second-order valence-corrected chi connectivity index (χ2v) is 11.6. The van der Waals surface area contributed by atoms with Crippen molar-refractivity contribution in [3.8, 4) is 51.7 Å². The summed E-state index contributed by atoms with van der Waals surface area (Å²) in [4.78, 5) is 9.82. The number of benzene rings is 6. The van der Waals surface area contributed by atoms with Crippen molar-refractivity contribution in [1.29, 1.82) is 10.5 Å². The first kappa shape index (κ1) is 27.3. The molecule has 3 heterocycles. The fourth-order valence-electron chi connectivity index (χ4n) is 6.78. The van der Waals surface area contributed by atoms with Crippen molar-refractivity contribution < 1.29 is 4.42 Å². The van der Waals surface area contributed by atoms with E-state index in [0.29, 0.717) is 33.9 Å². The van der Waals surface area contributed by atoms with Crippen LogP contribution < -0.4 is 0 Å². The molecule has 0 saturated carbocycles. The number of para-hydroxylation sites is 2. The molecule has 0 bridgehead atoms. The Morgan fingerprint density at radius 3 is 1.96 bits per heavy atom. The van der Waals surface area contributed by atoms with Crippen molar-refractivity contribution in [1.82, 2.24) is 14.5 Å². The van der Waals surface area contributed by atoms with E-state index in [0.717, 1.165) is 60.6 Å². The topological polar surface area (TPSA) is 91.4 Å². The van der Waals surface area contributed by atoms with Gasteiger partial charge in [-0.25, -0.2) is 9.97 Å². The Labute approximate surface area is 275 Å². The van der Waals surface area contributed by atoms with Crippen LogP contribution >= 0.6 is 0 Å². The van der Waals surface area contributed by atoms with E-state index in [-0.39, 0.29) is 0 Å². The highest BCUT2D eigenvalue weighted by Crippen LogP contribution is 2.42. The van der Waals surface area contributed by atoms with Gasteiger partial charge in [-0.1, -0.05) is 103 Å². The van der Waals surface area contributed by atoms with Crippen molar-refractivity contribution in [3.05, 3.63) is 151 Å². The molecule has 6 aromatic carbocycles. The first-order valence-corrected chi connectivity index (χ1v) is 15.5. The molecule has 0 aliphatic carbocycles. The van der Waals surface area contributed by atoms with Crippen LogP contribution in [0.3, 0.4) is 0 Å². The average molecular weight is 614 g/mol. The maximum Gasteiger partial charge on any atom is 0.160 e. The van der Waals surface area contributed by atoms with Crippen molar-refractivity contribution in [2.24, 2.45) is 0 Å². The first-order valence-electron chi connectivity index (χ1n) is 15.5. The van der Waals surface area contributed by atoms with Gasteiger partial charge in [0.05, 0.1) is 39.1 Å². The summed E-state index contributed by atoms with van der Waals surface area (Å²) in [6.07, 6.45) is 0. The van der Waals surface area contributed by atoms with Crippen LogP contribution in [0, 0.1) is 22.7 Å². The third-order valence-electron chi connectivity index (χ3n) is 8.91. The van der Waals surface area contributed by atoms with Crippen molar-refractivity contribution >= 4 is 43.7 Å². The average Bonchev–Trinajstić information content (AvgIpc) is 3.70. The van der Waals surface area contributed by atoms with Gasteiger partial charge in [-0.15, -0.1) is 0 Å². The molecule has 9 aromatic rings. The second-order valence-electron chi connectivity index (χ2n) is 11.6. The SMILES string of the molecule is N#Cc1cc(-c2nc(-c3ccccc3)nc(-c3ccccc3)c2C#N)ccc1-n1c2ccccc2c2ccc3oc4ccccc4c3c21. The summed E-state index contributed by atoms with van der Waals surface area (Å²) < 4.78 is 8.44. The van der Waals surface area contributed by atoms with Gasteiger partial charge in [-0.2, -0.15) is 10.5 Å². The van der Waals surface area contributed by atoms with Crippen LogP contribution in [0.25, 0.3) is 83.3 Å². The summed E-state index contributed by atoms with van der Waals surface area (Å²) in [7, 11) is 0. The Balaban J connectivity index is 1.33. The highest BCUT2D eigenvalue weighted by molar-refractivity contribution is 6.24. The zero-order valence-corrected chi connectivity index (χ0v) is 25.4. The van der Waals surface area contributed by atoms with Crippen molar-refractivity contribution in [3.63, 3.8) is 0 Å². The zero-order valence-electron chi connectivity index (χ0n) is 25.4. The molecule has 0 spiro atoms. The molecular formula is C42H23N5O. The number of fused-ring (bicyclic) bond motifs is 7. The Bertz CT molecular complexity index is 2800. The molecule has 0 atom stereocenters. The first-order chi connectivity index (χ1) is 23.7. The summed E-state index contributed by atoms with van der Waals surface area (Å²) in [6.45, 7) is 0. The van der Waals surface area contributed by atoms with E-state index in [4.69, 9.17) is 14.4 Å². The summed E-state index contributed by atoms with van der Waals surface area (Å²) >= 11 is 0. The number of rotatable bonds is 4. The van der Waals surface area contributed by atoms with Crippen LogP contribution in [0.4, 0.5) is 0 Å². The van der Waals surface area contributed by atoms with Gasteiger partial charge in [0, 0.05) is 32.8 Å². The fourth-order valence-corrected chi connectivity index (χ4v) is 6.78. The van der Waals surface area contributed by atoms with Crippen LogP contribution in [0.1, 0.15) is 11.1 Å². The van der Waals surface area contributed by atoms with Crippen LogP contribution in [0.15, 0.2) is 144 Å². The molecule has 0 radical (unpaired) electrons. The number of hydrogen-bond donors (Lipinski definition) is 0. The summed E-state index contributed by atoms with van der Waals surface area (Å²) in [6, 6.07) is 50.3. The number of furan rings is 1. The van der Waals surface area contributed by atoms with E-state index < -0.39 is 0 Å². The minimum Gasteiger partial charge on any atom is -0.456 e. The van der Waals surface area contributed by atoms with Crippen LogP contribution in [-0.2, 0) is 0 Å². The third-order valence-corrected chi connectivity index (χ3v) is 8.91. The van der Waals surface area contributed by atoms with Crippen LogP contribution in [-0.4, -0.2) is 14.5 Å². The predicted molar refractivity (Wildman–Crippen MR) is 189 cm³/mol. The van der Waals surface area contributed by atoms with E-state index in [2.05, 4.69) is 41.0 Å². The second kappa shape index (κ2) is 10.8. The van der Waals surface area contributed by atoms with E-state index in [1.54, 1.807) is 0 Å². The molecule has 3 aromatic heterocycles. The molecule has 0 unspecified atom stereocenters. The Kier molecular flexibility index (Phi) is 6.15. The quantitative estimate of drug-likeness (QED) is 0.197. The van der Waals surface area contributed by atoms with Gasteiger partial charge < -0.3 is 8.98 Å². The van der Waals surface area contributed by atoms with Gasteiger partial charge in [-0.05, 0) is 36.4 Å². The third kappa shape index (κ3) is 4.11.